The first kappa shape index (κ1) is 23.6. The van der Waals surface area contributed by atoms with Gasteiger partial charge in [-0.15, -0.1) is 0 Å². The zero-order valence-electron chi connectivity index (χ0n) is 20.9. The lowest BCUT2D eigenvalue weighted by Gasteiger charge is -2.43. The number of ether oxygens (including phenoxy) is 2. The van der Waals surface area contributed by atoms with E-state index in [2.05, 4.69) is 54.3 Å². The Labute approximate surface area is 208 Å². The zero-order chi connectivity index (χ0) is 24.4. The fourth-order valence-corrected chi connectivity index (χ4v) is 5.79. The molecule has 1 fully saturated rings. The first-order valence-electron chi connectivity index (χ1n) is 12.7. The van der Waals surface area contributed by atoms with Gasteiger partial charge in [-0.3, -0.25) is 9.69 Å². The van der Waals surface area contributed by atoms with Crippen molar-refractivity contribution in [2.24, 2.45) is 16.9 Å². The minimum atomic E-state index is -0.0538. The van der Waals surface area contributed by atoms with Crippen LogP contribution in [0.15, 0.2) is 65.8 Å². The average molecular weight is 474 g/mol. The second-order valence-electron chi connectivity index (χ2n) is 9.75. The van der Waals surface area contributed by atoms with Gasteiger partial charge in [0.25, 0.3) is 0 Å². The normalized spacial score (nSPS) is 24.0. The Morgan fingerprint density at radius 1 is 0.914 bits per heavy atom. The molecule has 35 heavy (non-hydrogen) atoms. The van der Waals surface area contributed by atoms with Crippen molar-refractivity contribution in [2.45, 2.75) is 44.7 Å². The van der Waals surface area contributed by atoms with E-state index in [4.69, 9.17) is 14.6 Å². The van der Waals surface area contributed by atoms with Gasteiger partial charge in [-0.25, -0.2) is 5.01 Å². The summed E-state index contributed by atoms with van der Waals surface area (Å²) in [5.41, 5.74) is 3.33. The van der Waals surface area contributed by atoms with E-state index in [0.29, 0.717) is 17.5 Å². The molecule has 6 heteroatoms. The van der Waals surface area contributed by atoms with Gasteiger partial charge in [-0.2, -0.15) is 5.10 Å². The molecule has 2 aromatic rings. The topological polar surface area (TPSA) is 54.4 Å². The summed E-state index contributed by atoms with van der Waals surface area (Å²) in [5.74, 6) is 1.60. The van der Waals surface area contributed by atoms with Gasteiger partial charge in [0.2, 0.25) is 5.91 Å². The van der Waals surface area contributed by atoms with Gasteiger partial charge in [0.05, 0.1) is 31.9 Å². The van der Waals surface area contributed by atoms with Gasteiger partial charge in [0.1, 0.15) is 0 Å². The number of nitrogens with zero attached hydrogens (tertiary/aromatic N) is 3. The molecule has 1 aliphatic carbocycles. The smallest absolute Gasteiger partial charge is 0.247 e. The lowest BCUT2D eigenvalue weighted by molar-refractivity contribution is -0.141. The van der Waals surface area contributed by atoms with Crippen LogP contribution >= 0.6 is 0 Å². The Hall–Kier alpha value is -3.12. The third-order valence-corrected chi connectivity index (χ3v) is 7.90. The van der Waals surface area contributed by atoms with Crippen LogP contribution in [0.1, 0.15) is 49.8 Å². The van der Waals surface area contributed by atoms with Crippen LogP contribution in [-0.4, -0.2) is 54.9 Å². The SMILES string of the molecule is COc1ccc(C2=NN(C3CCN(C(C)c4ccccc4)CC3)C(=O)C3CC=CCC23)cc1OC. The molecule has 2 aliphatic heterocycles. The van der Waals surface area contributed by atoms with Gasteiger partial charge >= 0.3 is 0 Å². The molecule has 3 unspecified atom stereocenters. The molecule has 3 atom stereocenters. The van der Waals surface area contributed by atoms with Crippen LogP contribution in [-0.2, 0) is 4.79 Å². The van der Waals surface area contributed by atoms with Crippen LogP contribution in [0.5, 0.6) is 11.5 Å². The first-order chi connectivity index (χ1) is 17.1. The summed E-state index contributed by atoms with van der Waals surface area (Å²) in [6.07, 6.45) is 7.81. The number of fused-ring (bicyclic) bond motifs is 1. The quantitative estimate of drug-likeness (QED) is 0.551. The highest BCUT2D eigenvalue weighted by Crippen LogP contribution is 2.38. The fraction of sp³-hybridized carbons (Fsp3) is 0.448. The molecule has 0 aromatic heterocycles. The number of hydrogen-bond acceptors (Lipinski definition) is 5. The molecule has 2 aromatic carbocycles. The van der Waals surface area contributed by atoms with Crippen LogP contribution in [0, 0.1) is 11.8 Å². The van der Waals surface area contributed by atoms with Crippen LogP contribution in [0.25, 0.3) is 0 Å². The van der Waals surface area contributed by atoms with E-state index < -0.39 is 0 Å². The monoisotopic (exact) mass is 473 g/mol. The third kappa shape index (κ3) is 4.59. The van der Waals surface area contributed by atoms with Crippen LogP contribution in [0.2, 0.25) is 0 Å². The molecule has 0 radical (unpaired) electrons. The highest BCUT2D eigenvalue weighted by molar-refractivity contribution is 6.07. The number of allylic oxidation sites excluding steroid dienone is 2. The van der Waals surface area contributed by atoms with E-state index in [0.717, 1.165) is 50.0 Å². The number of amides is 1. The number of piperidine rings is 1. The summed E-state index contributed by atoms with van der Waals surface area (Å²) >= 11 is 0. The maximum atomic E-state index is 13.6. The van der Waals surface area contributed by atoms with Crippen LogP contribution in [0.4, 0.5) is 0 Å². The number of benzene rings is 2. The fourth-order valence-electron chi connectivity index (χ4n) is 5.79. The molecular formula is C29H35N3O3. The van der Waals surface area contributed by atoms with E-state index >= 15 is 0 Å². The number of carbonyl (C=O) groups is 1. The number of carbonyl (C=O) groups excluding carboxylic acids is 1. The minimum Gasteiger partial charge on any atom is -0.493 e. The van der Waals surface area contributed by atoms with Gasteiger partial charge in [-0.05, 0) is 56.4 Å². The summed E-state index contributed by atoms with van der Waals surface area (Å²) in [7, 11) is 3.29. The molecule has 0 saturated carbocycles. The second kappa shape index (κ2) is 10.2. The zero-order valence-corrected chi connectivity index (χ0v) is 20.9. The Morgan fingerprint density at radius 3 is 2.29 bits per heavy atom. The summed E-state index contributed by atoms with van der Waals surface area (Å²) in [5, 5.41) is 6.88. The Morgan fingerprint density at radius 2 is 1.60 bits per heavy atom. The van der Waals surface area contributed by atoms with Gasteiger partial charge in [0, 0.05) is 30.6 Å². The van der Waals surface area contributed by atoms with Crippen LogP contribution in [0.3, 0.4) is 0 Å². The molecule has 184 valence electrons. The minimum absolute atomic E-state index is 0.0538. The lowest BCUT2D eigenvalue weighted by atomic mass is 9.76. The summed E-state index contributed by atoms with van der Waals surface area (Å²) in [6.45, 7) is 4.19. The van der Waals surface area contributed by atoms with Crippen molar-refractivity contribution in [3.05, 3.63) is 71.8 Å². The first-order valence-corrected chi connectivity index (χ1v) is 12.7. The highest BCUT2D eigenvalue weighted by Gasteiger charge is 2.43. The predicted octanol–water partition coefficient (Wildman–Crippen LogP) is 5.06. The Balaban J connectivity index is 1.39. The second-order valence-corrected chi connectivity index (χ2v) is 9.75. The molecule has 1 saturated heterocycles. The van der Waals surface area contributed by atoms with Crippen molar-refractivity contribution in [1.29, 1.82) is 0 Å². The van der Waals surface area contributed by atoms with Crippen molar-refractivity contribution in [2.75, 3.05) is 27.3 Å². The molecule has 2 heterocycles. The molecule has 6 nitrogen and oxygen atoms in total. The Kier molecular flexibility index (Phi) is 6.91. The Bertz CT molecular complexity index is 1110. The molecule has 5 rings (SSSR count). The van der Waals surface area contributed by atoms with Gasteiger partial charge < -0.3 is 9.47 Å². The molecular weight excluding hydrogens is 438 g/mol. The lowest BCUT2D eigenvalue weighted by Crippen LogP contribution is -2.52. The molecule has 1 amide bonds. The van der Waals surface area contributed by atoms with E-state index in [1.165, 1.54) is 5.56 Å². The maximum Gasteiger partial charge on any atom is 0.247 e. The van der Waals surface area contributed by atoms with Gasteiger partial charge in [-0.1, -0.05) is 42.5 Å². The van der Waals surface area contributed by atoms with E-state index in [1.54, 1.807) is 14.2 Å². The predicted molar refractivity (Wildman–Crippen MR) is 138 cm³/mol. The van der Waals surface area contributed by atoms with E-state index in [9.17, 15) is 4.79 Å². The van der Waals surface area contributed by atoms with Crippen molar-refractivity contribution in [3.8, 4) is 11.5 Å². The number of hydrazone groups is 1. The summed E-state index contributed by atoms with van der Waals surface area (Å²) < 4.78 is 11.0. The molecule has 0 spiro atoms. The van der Waals surface area contributed by atoms with Crippen molar-refractivity contribution < 1.29 is 14.3 Å². The third-order valence-electron chi connectivity index (χ3n) is 7.90. The standard InChI is InChI=1S/C29H35N3O3/c1-20(21-9-5-4-6-10-21)31-17-15-23(16-18-31)32-29(33)25-12-8-7-11-24(25)28(30-32)22-13-14-26(34-2)27(19-22)35-3/h4-10,13-14,19-20,23-25H,11-12,15-18H2,1-3H3. The number of likely N-dealkylation sites (tertiary alicyclic amines) is 1. The van der Waals surface area contributed by atoms with Crippen LogP contribution < -0.4 is 9.47 Å². The summed E-state index contributed by atoms with van der Waals surface area (Å²) in [4.78, 5) is 16.1. The number of methoxy groups -OCH3 is 2. The molecule has 0 bridgehead atoms. The van der Waals surface area contributed by atoms with Gasteiger partial charge in [0.15, 0.2) is 11.5 Å². The van der Waals surface area contributed by atoms with Crippen molar-refractivity contribution >= 4 is 11.6 Å². The number of hydrogen-bond donors (Lipinski definition) is 0. The van der Waals surface area contributed by atoms with E-state index in [1.807, 2.05) is 23.2 Å². The average Bonchev–Trinajstić information content (AvgIpc) is 2.93. The number of rotatable bonds is 6. The van der Waals surface area contributed by atoms with Crippen molar-refractivity contribution in [1.82, 2.24) is 9.91 Å². The molecule has 0 N–H and O–H groups in total. The summed E-state index contributed by atoms with van der Waals surface area (Å²) in [6, 6.07) is 17.1. The maximum absolute atomic E-state index is 13.6. The van der Waals surface area contributed by atoms with E-state index in [-0.39, 0.29) is 23.8 Å². The largest absolute Gasteiger partial charge is 0.493 e. The van der Waals surface area contributed by atoms with Crippen molar-refractivity contribution in [3.63, 3.8) is 0 Å². The molecule has 3 aliphatic rings. The highest BCUT2D eigenvalue weighted by atomic mass is 16.5.